The molecule has 38 heavy (non-hydrogen) atoms. The van der Waals surface area contributed by atoms with Gasteiger partial charge in [0.2, 0.25) is 5.91 Å². The SMILES string of the molecule is CCCN(CC(=O)Nc1cc(-c2ccccc2)nn1-c1ccc(OC)cc1)C(=O)Nc1ccccc1CC. The van der Waals surface area contributed by atoms with Crippen LogP contribution in [0.2, 0.25) is 0 Å². The fourth-order valence-corrected chi connectivity index (χ4v) is 4.16. The number of hydrogen-bond donors (Lipinski definition) is 2. The number of aromatic nitrogens is 2. The molecule has 0 aliphatic heterocycles. The zero-order chi connectivity index (χ0) is 26.9. The van der Waals surface area contributed by atoms with Crippen molar-refractivity contribution in [3.8, 4) is 22.7 Å². The molecule has 0 unspecified atom stereocenters. The van der Waals surface area contributed by atoms with Gasteiger partial charge in [-0.05, 0) is 48.7 Å². The number of benzene rings is 3. The predicted octanol–water partition coefficient (Wildman–Crippen LogP) is 5.99. The van der Waals surface area contributed by atoms with Crippen LogP contribution < -0.4 is 15.4 Å². The molecule has 8 heteroatoms. The fraction of sp³-hybridized carbons (Fsp3) is 0.233. The van der Waals surface area contributed by atoms with Crippen LogP contribution >= 0.6 is 0 Å². The van der Waals surface area contributed by atoms with Crippen LogP contribution in [0.15, 0.2) is 84.9 Å². The van der Waals surface area contributed by atoms with Gasteiger partial charge in [-0.1, -0.05) is 62.4 Å². The number of amides is 3. The second kappa shape index (κ2) is 12.6. The van der Waals surface area contributed by atoms with Gasteiger partial charge >= 0.3 is 6.03 Å². The van der Waals surface area contributed by atoms with E-state index < -0.39 is 0 Å². The van der Waals surface area contributed by atoms with Crippen LogP contribution in [0.1, 0.15) is 25.8 Å². The van der Waals surface area contributed by atoms with Gasteiger partial charge in [0.15, 0.2) is 0 Å². The van der Waals surface area contributed by atoms with E-state index in [1.165, 1.54) is 4.90 Å². The van der Waals surface area contributed by atoms with E-state index in [2.05, 4.69) is 10.6 Å². The Morgan fingerprint density at radius 1 is 0.921 bits per heavy atom. The van der Waals surface area contributed by atoms with Gasteiger partial charge in [0, 0.05) is 23.9 Å². The first-order valence-electron chi connectivity index (χ1n) is 12.8. The minimum Gasteiger partial charge on any atom is -0.497 e. The minimum atomic E-state index is -0.313. The largest absolute Gasteiger partial charge is 0.497 e. The number of rotatable bonds is 10. The van der Waals surface area contributed by atoms with Crippen molar-refractivity contribution in [2.45, 2.75) is 26.7 Å². The van der Waals surface area contributed by atoms with Gasteiger partial charge in [-0.15, -0.1) is 0 Å². The second-order valence-electron chi connectivity index (χ2n) is 8.80. The quantitative estimate of drug-likeness (QED) is 0.274. The summed E-state index contributed by atoms with van der Waals surface area (Å²) in [4.78, 5) is 27.8. The third kappa shape index (κ3) is 6.39. The zero-order valence-electron chi connectivity index (χ0n) is 22.0. The lowest BCUT2D eigenvalue weighted by Gasteiger charge is -2.23. The average Bonchev–Trinajstić information content (AvgIpc) is 3.37. The van der Waals surface area contributed by atoms with Gasteiger partial charge in [-0.25, -0.2) is 9.48 Å². The summed E-state index contributed by atoms with van der Waals surface area (Å²) < 4.78 is 6.96. The number of carbonyl (C=O) groups is 2. The number of nitrogens with zero attached hydrogens (tertiary/aromatic N) is 3. The third-order valence-corrected chi connectivity index (χ3v) is 6.12. The molecule has 0 radical (unpaired) electrons. The summed E-state index contributed by atoms with van der Waals surface area (Å²) in [6.45, 7) is 4.37. The van der Waals surface area contributed by atoms with E-state index in [0.29, 0.717) is 12.4 Å². The molecular formula is C30H33N5O3. The standard InChI is InChI=1S/C30H33N5O3/c1-4-19-34(30(37)31-26-14-10-9-11-22(26)5-2)21-29(36)32-28-20-27(23-12-7-6-8-13-23)33-35(28)24-15-17-25(38-3)18-16-24/h6-18,20H,4-5,19,21H2,1-3H3,(H,31,37)(H,32,36). The number of nitrogens with one attached hydrogen (secondary N) is 2. The van der Waals surface area contributed by atoms with Crippen molar-refractivity contribution in [3.05, 3.63) is 90.5 Å². The van der Waals surface area contributed by atoms with E-state index >= 15 is 0 Å². The normalized spacial score (nSPS) is 10.6. The van der Waals surface area contributed by atoms with Gasteiger partial charge < -0.3 is 20.3 Å². The van der Waals surface area contributed by atoms with E-state index in [1.54, 1.807) is 11.8 Å². The van der Waals surface area contributed by atoms with Crippen LogP contribution in [0.4, 0.5) is 16.3 Å². The smallest absolute Gasteiger partial charge is 0.322 e. The zero-order valence-corrected chi connectivity index (χ0v) is 22.0. The molecule has 8 nitrogen and oxygen atoms in total. The number of methoxy groups -OCH3 is 1. The molecule has 4 aromatic rings. The monoisotopic (exact) mass is 511 g/mol. The van der Waals surface area contributed by atoms with Crippen molar-refractivity contribution >= 4 is 23.4 Å². The summed E-state index contributed by atoms with van der Waals surface area (Å²) in [6.07, 6.45) is 1.52. The lowest BCUT2D eigenvalue weighted by molar-refractivity contribution is -0.116. The lowest BCUT2D eigenvalue weighted by Crippen LogP contribution is -2.41. The van der Waals surface area contributed by atoms with Crippen LogP contribution in [0.5, 0.6) is 5.75 Å². The lowest BCUT2D eigenvalue weighted by atomic mass is 10.1. The Labute approximate surface area is 223 Å². The predicted molar refractivity (Wildman–Crippen MR) is 151 cm³/mol. The Bertz CT molecular complexity index is 1370. The van der Waals surface area contributed by atoms with Crippen LogP contribution in [0.3, 0.4) is 0 Å². The molecular weight excluding hydrogens is 478 g/mol. The molecule has 0 aliphatic rings. The first kappa shape index (κ1) is 26.5. The average molecular weight is 512 g/mol. The van der Waals surface area contributed by atoms with Gasteiger partial charge in [-0.2, -0.15) is 5.10 Å². The molecule has 4 rings (SSSR count). The molecule has 0 atom stereocenters. The van der Waals surface area contributed by atoms with E-state index in [-0.39, 0.29) is 18.5 Å². The topological polar surface area (TPSA) is 88.5 Å². The Morgan fingerprint density at radius 2 is 1.63 bits per heavy atom. The van der Waals surface area contributed by atoms with Gasteiger partial charge in [0.1, 0.15) is 18.1 Å². The number of para-hydroxylation sites is 1. The van der Waals surface area contributed by atoms with Crippen molar-refractivity contribution in [1.82, 2.24) is 14.7 Å². The molecule has 196 valence electrons. The van der Waals surface area contributed by atoms with Crippen LogP contribution in [0.25, 0.3) is 16.9 Å². The third-order valence-electron chi connectivity index (χ3n) is 6.12. The first-order valence-corrected chi connectivity index (χ1v) is 12.8. The minimum absolute atomic E-state index is 0.0948. The highest BCUT2D eigenvalue weighted by Gasteiger charge is 2.20. The van der Waals surface area contributed by atoms with E-state index in [1.807, 2.05) is 98.8 Å². The molecule has 2 N–H and O–H groups in total. The highest BCUT2D eigenvalue weighted by atomic mass is 16.5. The molecule has 3 amide bonds. The van der Waals surface area contributed by atoms with Crippen molar-refractivity contribution < 1.29 is 14.3 Å². The Balaban J connectivity index is 1.56. The molecule has 3 aromatic carbocycles. The van der Waals surface area contributed by atoms with E-state index in [9.17, 15) is 9.59 Å². The summed E-state index contributed by atoms with van der Waals surface area (Å²) in [7, 11) is 1.61. The van der Waals surface area contributed by atoms with Crippen molar-refractivity contribution in [2.24, 2.45) is 0 Å². The molecule has 0 fully saturated rings. The summed E-state index contributed by atoms with van der Waals surface area (Å²) in [5.74, 6) is 0.916. The van der Waals surface area contributed by atoms with Crippen LogP contribution in [0, 0.1) is 0 Å². The Hall–Kier alpha value is -4.59. The van der Waals surface area contributed by atoms with E-state index in [4.69, 9.17) is 9.84 Å². The number of aryl methyl sites for hydroxylation is 1. The van der Waals surface area contributed by atoms with Gasteiger partial charge in [-0.3, -0.25) is 4.79 Å². The van der Waals surface area contributed by atoms with Crippen LogP contribution in [-0.4, -0.2) is 46.8 Å². The van der Waals surface area contributed by atoms with Gasteiger partial charge in [0.25, 0.3) is 0 Å². The maximum Gasteiger partial charge on any atom is 0.322 e. The number of ether oxygens (including phenoxy) is 1. The molecule has 0 saturated heterocycles. The van der Waals surface area contributed by atoms with Crippen molar-refractivity contribution in [2.75, 3.05) is 30.8 Å². The Kier molecular flexibility index (Phi) is 8.77. The maximum absolute atomic E-state index is 13.2. The highest BCUT2D eigenvalue weighted by Crippen LogP contribution is 2.26. The molecule has 0 saturated carbocycles. The summed E-state index contributed by atoms with van der Waals surface area (Å²) >= 11 is 0. The molecule has 0 bridgehead atoms. The maximum atomic E-state index is 13.2. The molecule has 1 aromatic heterocycles. The molecule has 0 aliphatic carbocycles. The van der Waals surface area contributed by atoms with Crippen LogP contribution in [-0.2, 0) is 11.2 Å². The van der Waals surface area contributed by atoms with Gasteiger partial charge in [0.05, 0.1) is 18.5 Å². The number of hydrogen-bond acceptors (Lipinski definition) is 4. The summed E-state index contributed by atoms with van der Waals surface area (Å²) in [6, 6.07) is 26.4. The molecule has 0 spiro atoms. The first-order chi connectivity index (χ1) is 18.5. The van der Waals surface area contributed by atoms with Crippen molar-refractivity contribution in [1.29, 1.82) is 0 Å². The fourth-order valence-electron chi connectivity index (χ4n) is 4.16. The second-order valence-corrected chi connectivity index (χ2v) is 8.80. The summed E-state index contributed by atoms with van der Waals surface area (Å²) in [5, 5.41) is 10.7. The molecule has 1 heterocycles. The number of urea groups is 1. The number of carbonyl (C=O) groups excluding carboxylic acids is 2. The number of anilines is 2. The highest BCUT2D eigenvalue weighted by molar-refractivity contribution is 5.97. The Morgan fingerprint density at radius 3 is 2.32 bits per heavy atom. The van der Waals surface area contributed by atoms with E-state index in [0.717, 1.165) is 46.8 Å². The van der Waals surface area contributed by atoms with Crippen molar-refractivity contribution in [3.63, 3.8) is 0 Å². The summed E-state index contributed by atoms with van der Waals surface area (Å²) in [5.41, 5.74) is 4.21.